The number of nitrogens with one attached hydrogen (secondary N) is 2. The molecule has 1 fully saturated rings. The minimum Gasteiger partial charge on any atom is -0.491 e. The van der Waals surface area contributed by atoms with E-state index >= 15 is 0 Å². The lowest BCUT2D eigenvalue weighted by molar-refractivity contribution is -0.123. The Labute approximate surface area is 174 Å². The van der Waals surface area contributed by atoms with Gasteiger partial charge in [-0.15, -0.1) is 12.4 Å². The van der Waals surface area contributed by atoms with Gasteiger partial charge in [0.15, 0.2) is 0 Å². The SMILES string of the molecule is CC(CC(=O)NC(COc1ccccc1)c1ccccc1)C1CCNCC1.Cl. The van der Waals surface area contributed by atoms with Gasteiger partial charge < -0.3 is 15.4 Å². The number of rotatable bonds is 8. The number of ether oxygens (including phenoxy) is 1. The average molecular weight is 403 g/mol. The van der Waals surface area contributed by atoms with Crippen molar-refractivity contribution in [2.45, 2.75) is 32.2 Å². The Balaban J connectivity index is 0.00000280. The monoisotopic (exact) mass is 402 g/mol. The number of benzene rings is 2. The molecular weight excluding hydrogens is 372 g/mol. The molecule has 0 radical (unpaired) electrons. The molecule has 2 unspecified atom stereocenters. The first kappa shape index (κ1) is 22.3. The highest BCUT2D eigenvalue weighted by Crippen LogP contribution is 2.25. The third-order valence-electron chi connectivity index (χ3n) is 5.39. The van der Waals surface area contributed by atoms with Gasteiger partial charge in [0.2, 0.25) is 5.91 Å². The summed E-state index contributed by atoms with van der Waals surface area (Å²) in [6, 6.07) is 19.6. The molecule has 3 rings (SSSR count). The van der Waals surface area contributed by atoms with Crippen molar-refractivity contribution in [3.05, 3.63) is 66.2 Å². The van der Waals surface area contributed by atoms with Crippen LogP contribution in [-0.4, -0.2) is 25.6 Å². The van der Waals surface area contributed by atoms with E-state index in [1.165, 1.54) is 0 Å². The normalized spacial score (nSPS) is 16.5. The van der Waals surface area contributed by atoms with Gasteiger partial charge in [-0.1, -0.05) is 55.5 Å². The van der Waals surface area contributed by atoms with Crippen LogP contribution in [0.2, 0.25) is 0 Å². The average Bonchev–Trinajstić information content (AvgIpc) is 2.73. The third kappa shape index (κ3) is 6.84. The third-order valence-corrected chi connectivity index (χ3v) is 5.39. The predicted molar refractivity (Wildman–Crippen MR) is 116 cm³/mol. The summed E-state index contributed by atoms with van der Waals surface area (Å²) in [6.45, 7) is 4.75. The molecule has 0 spiro atoms. The zero-order chi connectivity index (χ0) is 18.9. The van der Waals surface area contributed by atoms with Crippen LogP contribution >= 0.6 is 12.4 Å². The Kier molecular flexibility index (Phi) is 9.32. The van der Waals surface area contributed by atoms with E-state index in [0.717, 1.165) is 37.2 Å². The highest BCUT2D eigenvalue weighted by molar-refractivity contribution is 5.85. The Morgan fingerprint density at radius 3 is 2.32 bits per heavy atom. The van der Waals surface area contributed by atoms with Gasteiger partial charge in [-0.25, -0.2) is 0 Å². The summed E-state index contributed by atoms with van der Waals surface area (Å²) in [4.78, 5) is 12.7. The second-order valence-electron chi connectivity index (χ2n) is 7.42. The van der Waals surface area contributed by atoms with E-state index in [1.807, 2.05) is 60.7 Å². The van der Waals surface area contributed by atoms with E-state index in [4.69, 9.17) is 4.74 Å². The molecule has 28 heavy (non-hydrogen) atoms. The summed E-state index contributed by atoms with van der Waals surface area (Å²) in [5.41, 5.74) is 1.07. The molecular formula is C23H31ClN2O2. The highest BCUT2D eigenvalue weighted by atomic mass is 35.5. The zero-order valence-corrected chi connectivity index (χ0v) is 17.3. The predicted octanol–water partition coefficient (Wildman–Crippen LogP) is 4.37. The van der Waals surface area contributed by atoms with E-state index in [0.29, 0.717) is 24.9 Å². The van der Waals surface area contributed by atoms with Crippen LogP contribution in [0.5, 0.6) is 5.75 Å². The fourth-order valence-corrected chi connectivity index (χ4v) is 3.73. The topological polar surface area (TPSA) is 50.4 Å². The molecule has 1 amide bonds. The Morgan fingerprint density at radius 1 is 1.07 bits per heavy atom. The molecule has 1 aliphatic rings. The van der Waals surface area contributed by atoms with Gasteiger partial charge in [0.1, 0.15) is 12.4 Å². The number of amides is 1. The fraction of sp³-hybridized carbons (Fsp3) is 0.435. The molecule has 1 heterocycles. The van der Waals surface area contributed by atoms with Crippen LogP contribution in [0.1, 0.15) is 37.8 Å². The molecule has 1 aliphatic heterocycles. The van der Waals surface area contributed by atoms with Gasteiger partial charge in [-0.2, -0.15) is 0 Å². The van der Waals surface area contributed by atoms with Crippen molar-refractivity contribution in [3.8, 4) is 5.75 Å². The summed E-state index contributed by atoms with van der Waals surface area (Å²) >= 11 is 0. The number of carbonyl (C=O) groups is 1. The van der Waals surface area contributed by atoms with Crippen molar-refractivity contribution >= 4 is 18.3 Å². The number of halogens is 1. The van der Waals surface area contributed by atoms with E-state index in [9.17, 15) is 4.79 Å². The quantitative estimate of drug-likeness (QED) is 0.689. The zero-order valence-electron chi connectivity index (χ0n) is 16.5. The van der Waals surface area contributed by atoms with Gasteiger partial charge in [0.05, 0.1) is 6.04 Å². The first-order valence-corrected chi connectivity index (χ1v) is 9.95. The molecule has 0 aliphatic carbocycles. The summed E-state index contributed by atoms with van der Waals surface area (Å²) in [5.74, 6) is 1.95. The molecule has 0 bridgehead atoms. The maximum atomic E-state index is 12.7. The molecule has 1 saturated heterocycles. The number of piperidine rings is 1. The molecule has 0 aromatic heterocycles. The summed E-state index contributed by atoms with van der Waals surface area (Å²) in [6.07, 6.45) is 2.89. The van der Waals surface area contributed by atoms with Crippen molar-refractivity contribution in [1.29, 1.82) is 0 Å². The van der Waals surface area contributed by atoms with Gasteiger partial charge in [0.25, 0.3) is 0 Å². The first-order chi connectivity index (χ1) is 13.2. The number of carbonyl (C=O) groups excluding carboxylic acids is 1. The van der Waals surface area contributed by atoms with Gasteiger partial charge >= 0.3 is 0 Å². The number of para-hydroxylation sites is 1. The van der Waals surface area contributed by atoms with E-state index in [-0.39, 0.29) is 24.4 Å². The van der Waals surface area contributed by atoms with Crippen LogP contribution in [0, 0.1) is 11.8 Å². The van der Waals surface area contributed by atoms with E-state index in [2.05, 4.69) is 17.6 Å². The van der Waals surface area contributed by atoms with Crippen molar-refractivity contribution in [2.24, 2.45) is 11.8 Å². The minimum absolute atomic E-state index is 0. The smallest absolute Gasteiger partial charge is 0.220 e. The molecule has 2 atom stereocenters. The van der Waals surface area contributed by atoms with Crippen molar-refractivity contribution in [2.75, 3.05) is 19.7 Å². The first-order valence-electron chi connectivity index (χ1n) is 9.95. The molecule has 152 valence electrons. The lowest BCUT2D eigenvalue weighted by Crippen LogP contribution is -2.36. The lowest BCUT2D eigenvalue weighted by Gasteiger charge is -2.28. The van der Waals surface area contributed by atoms with Crippen LogP contribution in [-0.2, 0) is 4.79 Å². The second kappa shape index (κ2) is 11.7. The molecule has 2 aromatic carbocycles. The van der Waals surface area contributed by atoms with Gasteiger partial charge in [-0.05, 0) is 55.5 Å². The maximum absolute atomic E-state index is 12.7. The molecule has 2 aromatic rings. The largest absolute Gasteiger partial charge is 0.491 e. The van der Waals surface area contributed by atoms with Crippen LogP contribution in [0.25, 0.3) is 0 Å². The van der Waals surface area contributed by atoms with Crippen LogP contribution in [0.4, 0.5) is 0 Å². The highest BCUT2D eigenvalue weighted by Gasteiger charge is 2.23. The minimum atomic E-state index is -0.154. The van der Waals surface area contributed by atoms with Gasteiger partial charge in [-0.3, -0.25) is 4.79 Å². The summed E-state index contributed by atoms with van der Waals surface area (Å²) in [7, 11) is 0. The van der Waals surface area contributed by atoms with Gasteiger partial charge in [0, 0.05) is 6.42 Å². The van der Waals surface area contributed by atoms with E-state index < -0.39 is 0 Å². The summed E-state index contributed by atoms with van der Waals surface area (Å²) < 4.78 is 5.92. The standard InChI is InChI=1S/C23H30N2O2.ClH/c1-18(19-12-14-24-15-13-19)16-23(26)25-22(20-8-4-2-5-9-20)17-27-21-10-6-3-7-11-21;/h2-11,18-19,22,24H,12-17H2,1H3,(H,25,26);1H. The van der Waals surface area contributed by atoms with Crippen molar-refractivity contribution < 1.29 is 9.53 Å². The lowest BCUT2D eigenvalue weighted by atomic mass is 9.84. The summed E-state index contributed by atoms with van der Waals surface area (Å²) in [5, 5.41) is 6.59. The van der Waals surface area contributed by atoms with Crippen LogP contribution in [0.3, 0.4) is 0 Å². The maximum Gasteiger partial charge on any atom is 0.220 e. The van der Waals surface area contributed by atoms with Crippen LogP contribution in [0.15, 0.2) is 60.7 Å². The van der Waals surface area contributed by atoms with Crippen molar-refractivity contribution in [3.63, 3.8) is 0 Å². The molecule has 4 nitrogen and oxygen atoms in total. The second-order valence-corrected chi connectivity index (χ2v) is 7.42. The number of hydrogen-bond acceptors (Lipinski definition) is 3. The Morgan fingerprint density at radius 2 is 1.68 bits per heavy atom. The fourth-order valence-electron chi connectivity index (χ4n) is 3.73. The molecule has 0 saturated carbocycles. The van der Waals surface area contributed by atoms with Crippen LogP contribution < -0.4 is 15.4 Å². The molecule has 5 heteroatoms. The molecule has 2 N–H and O–H groups in total. The number of hydrogen-bond donors (Lipinski definition) is 2. The Bertz CT molecular complexity index is 690. The van der Waals surface area contributed by atoms with E-state index in [1.54, 1.807) is 0 Å². The Hall–Kier alpha value is -2.04. The van der Waals surface area contributed by atoms with Crippen molar-refractivity contribution in [1.82, 2.24) is 10.6 Å².